The van der Waals surface area contributed by atoms with E-state index in [2.05, 4.69) is 71.1 Å². The summed E-state index contributed by atoms with van der Waals surface area (Å²) in [5.74, 6) is 0. The molecule has 2 heterocycles. The van der Waals surface area contributed by atoms with E-state index in [-0.39, 0.29) is 6.04 Å². The maximum Gasteiger partial charge on any atom is 0.0916 e. The Balaban J connectivity index is 1.67. The van der Waals surface area contributed by atoms with Crippen LogP contribution in [0.2, 0.25) is 0 Å². The first kappa shape index (κ1) is 14.2. The number of aromatic nitrogens is 1. The molecule has 0 aliphatic carbocycles. The molecule has 0 radical (unpaired) electrons. The van der Waals surface area contributed by atoms with Crippen molar-refractivity contribution >= 4 is 27.3 Å². The molecule has 0 amide bonds. The number of fused-ring (bicyclic) bond motifs is 2. The number of hydrogen-bond donors (Lipinski definition) is 1. The minimum Gasteiger partial charge on any atom is -0.300 e. The van der Waals surface area contributed by atoms with E-state index in [0.29, 0.717) is 0 Å². The van der Waals surface area contributed by atoms with Gasteiger partial charge in [-0.2, -0.15) is 5.10 Å². The predicted octanol–water partition coefficient (Wildman–Crippen LogP) is 4.83. The molecule has 0 saturated heterocycles. The Morgan fingerprint density at radius 1 is 0.800 bits per heavy atom. The van der Waals surface area contributed by atoms with Gasteiger partial charge in [0.25, 0.3) is 0 Å². The van der Waals surface area contributed by atoms with Crippen LogP contribution in [0.3, 0.4) is 0 Å². The van der Waals surface area contributed by atoms with Crippen LogP contribution >= 0.6 is 0 Å². The van der Waals surface area contributed by atoms with Gasteiger partial charge in [-0.05, 0) is 39.7 Å². The molecule has 5 rings (SSSR count). The lowest BCUT2D eigenvalue weighted by atomic mass is 9.91. The summed E-state index contributed by atoms with van der Waals surface area (Å²) in [6.45, 7) is 0. The average Bonchev–Trinajstić information content (AvgIpc) is 3.16. The Morgan fingerprint density at radius 3 is 2.16 bits per heavy atom. The molecule has 3 heteroatoms. The fourth-order valence-electron chi connectivity index (χ4n) is 3.68. The lowest BCUT2D eigenvalue weighted by Gasteiger charge is -2.12. The van der Waals surface area contributed by atoms with Crippen LogP contribution in [0.25, 0.3) is 21.5 Å². The van der Waals surface area contributed by atoms with Crippen LogP contribution in [0.1, 0.15) is 23.7 Å². The Morgan fingerprint density at radius 2 is 1.48 bits per heavy atom. The summed E-state index contributed by atoms with van der Waals surface area (Å²) in [7, 11) is 0. The zero-order valence-electron chi connectivity index (χ0n) is 13.7. The maximum atomic E-state index is 4.69. The van der Waals surface area contributed by atoms with Crippen molar-refractivity contribution in [1.82, 2.24) is 10.4 Å². The van der Waals surface area contributed by atoms with E-state index < -0.39 is 0 Å². The van der Waals surface area contributed by atoms with Crippen molar-refractivity contribution in [2.45, 2.75) is 12.5 Å². The first-order valence-electron chi connectivity index (χ1n) is 8.54. The molecule has 1 N–H and O–H groups in total. The molecule has 0 unspecified atom stereocenters. The number of rotatable bonds is 2. The fourth-order valence-corrected chi connectivity index (χ4v) is 3.68. The third kappa shape index (κ3) is 2.36. The van der Waals surface area contributed by atoms with Crippen LogP contribution in [-0.4, -0.2) is 10.7 Å². The molecule has 3 nitrogen and oxygen atoms in total. The normalized spacial score (nSPS) is 16.8. The monoisotopic (exact) mass is 323 g/mol. The highest BCUT2D eigenvalue weighted by Gasteiger charge is 2.24. The number of pyridine rings is 1. The molecule has 120 valence electrons. The number of hydrazone groups is 1. The van der Waals surface area contributed by atoms with E-state index in [1.54, 1.807) is 0 Å². The summed E-state index contributed by atoms with van der Waals surface area (Å²) < 4.78 is 0. The topological polar surface area (TPSA) is 37.3 Å². The number of nitrogens with one attached hydrogen (secondary N) is 1. The Kier molecular flexibility index (Phi) is 3.23. The van der Waals surface area contributed by atoms with Crippen LogP contribution < -0.4 is 5.43 Å². The van der Waals surface area contributed by atoms with E-state index in [1.807, 2.05) is 18.3 Å². The summed E-state index contributed by atoms with van der Waals surface area (Å²) in [5, 5.41) is 9.70. The maximum absolute atomic E-state index is 4.69. The minimum atomic E-state index is 0.133. The number of nitrogens with zero attached hydrogens (tertiary/aromatic N) is 2. The predicted molar refractivity (Wildman–Crippen MR) is 103 cm³/mol. The molecule has 1 aliphatic heterocycles. The third-order valence-corrected chi connectivity index (χ3v) is 4.86. The SMILES string of the molecule is c1ccc([C@@H]2CC(c3c4ccccc4cc4ccccc34)=NN2)nc1. The number of hydrogen-bond acceptors (Lipinski definition) is 3. The van der Waals surface area contributed by atoms with Crippen molar-refractivity contribution in [2.75, 3.05) is 0 Å². The molecule has 0 bridgehead atoms. The molecule has 0 spiro atoms. The first-order valence-corrected chi connectivity index (χ1v) is 8.54. The van der Waals surface area contributed by atoms with Gasteiger partial charge in [0, 0.05) is 18.2 Å². The Labute approximate surface area is 146 Å². The minimum absolute atomic E-state index is 0.133. The summed E-state index contributed by atoms with van der Waals surface area (Å²) in [6.07, 6.45) is 2.68. The first-order chi connectivity index (χ1) is 12.4. The van der Waals surface area contributed by atoms with Gasteiger partial charge in [0.2, 0.25) is 0 Å². The van der Waals surface area contributed by atoms with Crippen LogP contribution in [0.15, 0.2) is 84.1 Å². The van der Waals surface area contributed by atoms with Crippen molar-refractivity contribution in [3.05, 3.63) is 90.3 Å². The van der Waals surface area contributed by atoms with Crippen LogP contribution in [0.5, 0.6) is 0 Å². The van der Waals surface area contributed by atoms with Gasteiger partial charge in [-0.3, -0.25) is 4.98 Å². The molecule has 4 aromatic rings. The highest BCUT2D eigenvalue weighted by atomic mass is 15.3. The van der Waals surface area contributed by atoms with Crippen LogP contribution in [0.4, 0.5) is 0 Å². The molecule has 1 aromatic heterocycles. The molecule has 3 aromatic carbocycles. The molecule has 1 atom stereocenters. The summed E-state index contributed by atoms with van der Waals surface area (Å²) in [4.78, 5) is 4.48. The van der Waals surface area contributed by atoms with E-state index in [0.717, 1.165) is 17.8 Å². The highest BCUT2D eigenvalue weighted by molar-refractivity contribution is 6.21. The molecular weight excluding hydrogens is 306 g/mol. The van der Waals surface area contributed by atoms with Crippen molar-refractivity contribution < 1.29 is 0 Å². The second-order valence-electron chi connectivity index (χ2n) is 6.39. The summed E-state index contributed by atoms with van der Waals surface area (Å²) in [5.41, 5.74) is 6.65. The van der Waals surface area contributed by atoms with E-state index in [9.17, 15) is 0 Å². The largest absolute Gasteiger partial charge is 0.300 e. The second kappa shape index (κ2) is 5.71. The van der Waals surface area contributed by atoms with Gasteiger partial charge in [-0.1, -0.05) is 54.6 Å². The van der Waals surface area contributed by atoms with Crippen molar-refractivity contribution in [3.8, 4) is 0 Å². The zero-order valence-corrected chi connectivity index (χ0v) is 13.7. The smallest absolute Gasteiger partial charge is 0.0916 e. The Hall–Kier alpha value is -3.20. The van der Waals surface area contributed by atoms with E-state index in [1.165, 1.54) is 27.1 Å². The lowest BCUT2D eigenvalue weighted by Crippen LogP contribution is -2.11. The van der Waals surface area contributed by atoms with Gasteiger partial charge in [0.05, 0.1) is 17.4 Å². The van der Waals surface area contributed by atoms with Gasteiger partial charge in [-0.15, -0.1) is 0 Å². The standard InChI is InChI=1S/C22H17N3/c1-3-9-17-15(7-1)13-16-8-2-4-10-18(16)22(17)21-14-20(24-25-21)19-11-5-6-12-23-19/h1-13,20,24H,14H2/t20-/m0/s1. The van der Waals surface area contributed by atoms with Crippen molar-refractivity contribution in [1.29, 1.82) is 0 Å². The molecule has 1 aliphatic rings. The lowest BCUT2D eigenvalue weighted by molar-refractivity contribution is 0.603. The average molecular weight is 323 g/mol. The fraction of sp³-hybridized carbons (Fsp3) is 0.0909. The molecule has 0 fully saturated rings. The van der Waals surface area contributed by atoms with Gasteiger partial charge in [0.1, 0.15) is 0 Å². The molecular formula is C22H17N3. The molecule has 0 saturated carbocycles. The van der Waals surface area contributed by atoms with Crippen LogP contribution in [-0.2, 0) is 0 Å². The molecule has 25 heavy (non-hydrogen) atoms. The van der Waals surface area contributed by atoms with E-state index >= 15 is 0 Å². The summed E-state index contributed by atoms with van der Waals surface area (Å²) >= 11 is 0. The van der Waals surface area contributed by atoms with Gasteiger partial charge in [-0.25, -0.2) is 0 Å². The van der Waals surface area contributed by atoms with Crippen molar-refractivity contribution in [2.24, 2.45) is 5.10 Å². The van der Waals surface area contributed by atoms with E-state index in [4.69, 9.17) is 5.10 Å². The van der Waals surface area contributed by atoms with Crippen LogP contribution in [0, 0.1) is 0 Å². The summed E-state index contributed by atoms with van der Waals surface area (Å²) in [6, 6.07) is 25.5. The second-order valence-corrected chi connectivity index (χ2v) is 6.39. The highest BCUT2D eigenvalue weighted by Crippen LogP contribution is 2.33. The van der Waals surface area contributed by atoms with Gasteiger partial charge in [0.15, 0.2) is 0 Å². The van der Waals surface area contributed by atoms with Crippen molar-refractivity contribution in [3.63, 3.8) is 0 Å². The Bertz CT molecular complexity index is 1050. The van der Waals surface area contributed by atoms with Gasteiger partial charge >= 0.3 is 0 Å². The quantitative estimate of drug-likeness (QED) is 0.537. The third-order valence-electron chi connectivity index (χ3n) is 4.86. The zero-order chi connectivity index (χ0) is 16.6. The van der Waals surface area contributed by atoms with Gasteiger partial charge < -0.3 is 5.43 Å². The number of benzene rings is 3.